The third-order valence-corrected chi connectivity index (χ3v) is 5.52. The molecule has 1 saturated carbocycles. The van der Waals surface area contributed by atoms with Crippen LogP contribution in [0.2, 0.25) is 0 Å². The van der Waals surface area contributed by atoms with Gasteiger partial charge in [0.15, 0.2) is 0 Å². The number of alkyl halides is 3. The summed E-state index contributed by atoms with van der Waals surface area (Å²) >= 11 is 0. The molecule has 0 N–H and O–H groups in total. The SMILES string of the molecule is COc1cccc(C(=O)N(Cc2nccn2Cc2cccc(C(F)(F)F)c2)CC2CC2)c1. The summed E-state index contributed by atoms with van der Waals surface area (Å²) in [7, 11) is 1.55. The zero-order valence-corrected chi connectivity index (χ0v) is 17.7. The van der Waals surface area contributed by atoms with E-state index in [0.717, 1.165) is 25.0 Å². The van der Waals surface area contributed by atoms with E-state index in [1.165, 1.54) is 6.07 Å². The number of benzene rings is 2. The van der Waals surface area contributed by atoms with Gasteiger partial charge in [0.1, 0.15) is 11.6 Å². The van der Waals surface area contributed by atoms with E-state index in [1.54, 1.807) is 59.3 Å². The zero-order valence-electron chi connectivity index (χ0n) is 17.7. The van der Waals surface area contributed by atoms with Gasteiger partial charge in [-0.2, -0.15) is 13.2 Å². The Morgan fingerprint density at radius 1 is 1.19 bits per heavy atom. The van der Waals surface area contributed by atoms with Gasteiger partial charge in [-0.1, -0.05) is 18.2 Å². The van der Waals surface area contributed by atoms with E-state index >= 15 is 0 Å². The normalized spacial score (nSPS) is 13.8. The molecule has 8 heteroatoms. The molecule has 1 aromatic heterocycles. The van der Waals surface area contributed by atoms with E-state index in [2.05, 4.69) is 4.98 Å². The number of rotatable bonds is 8. The van der Waals surface area contributed by atoms with E-state index in [-0.39, 0.29) is 19.0 Å². The second-order valence-electron chi connectivity index (χ2n) is 8.03. The highest BCUT2D eigenvalue weighted by Gasteiger charge is 2.31. The lowest BCUT2D eigenvalue weighted by atomic mass is 10.1. The zero-order chi connectivity index (χ0) is 22.7. The number of aromatic nitrogens is 2. The Hall–Kier alpha value is -3.29. The summed E-state index contributed by atoms with van der Waals surface area (Å²) in [6, 6.07) is 12.3. The Morgan fingerprint density at radius 3 is 2.69 bits per heavy atom. The van der Waals surface area contributed by atoms with Crippen molar-refractivity contribution in [3.8, 4) is 5.75 Å². The molecule has 4 rings (SSSR count). The van der Waals surface area contributed by atoms with Gasteiger partial charge in [0, 0.05) is 31.0 Å². The van der Waals surface area contributed by atoms with Gasteiger partial charge < -0.3 is 14.2 Å². The summed E-state index contributed by atoms with van der Waals surface area (Å²) in [5, 5.41) is 0. The van der Waals surface area contributed by atoms with E-state index in [9.17, 15) is 18.0 Å². The van der Waals surface area contributed by atoms with Crippen LogP contribution in [0.5, 0.6) is 5.75 Å². The van der Waals surface area contributed by atoms with Gasteiger partial charge in [-0.15, -0.1) is 0 Å². The number of carbonyl (C=O) groups excluding carboxylic acids is 1. The van der Waals surface area contributed by atoms with Crippen molar-refractivity contribution in [1.82, 2.24) is 14.5 Å². The quantitative estimate of drug-likeness (QED) is 0.492. The maximum atomic E-state index is 13.2. The molecule has 2 aromatic carbocycles. The number of nitrogens with zero attached hydrogens (tertiary/aromatic N) is 3. The third-order valence-electron chi connectivity index (χ3n) is 5.52. The van der Waals surface area contributed by atoms with Crippen LogP contribution in [0.3, 0.4) is 0 Å². The highest BCUT2D eigenvalue weighted by molar-refractivity contribution is 5.94. The van der Waals surface area contributed by atoms with Gasteiger partial charge in [0.25, 0.3) is 5.91 Å². The van der Waals surface area contributed by atoms with Gasteiger partial charge in [-0.3, -0.25) is 4.79 Å². The molecule has 32 heavy (non-hydrogen) atoms. The lowest BCUT2D eigenvalue weighted by molar-refractivity contribution is -0.137. The van der Waals surface area contributed by atoms with E-state index in [1.807, 2.05) is 0 Å². The number of imidazole rings is 1. The first kappa shape index (κ1) is 21.9. The standard InChI is InChI=1S/C24H24F3N3O2/c1-32-21-7-3-5-19(13-21)23(31)30(14-17-8-9-17)16-22-28-10-11-29(22)15-18-4-2-6-20(12-18)24(25,26)27/h2-7,10-13,17H,8-9,14-16H2,1H3. The van der Waals surface area contributed by atoms with E-state index in [4.69, 9.17) is 4.74 Å². The number of halogens is 3. The first-order valence-electron chi connectivity index (χ1n) is 10.4. The van der Waals surface area contributed by atoms with Gasteiger partial charge in [-0.25, -0.2) is 4.98 Å². The average molecular weight is 443 g/mol. The van der Waals surface area contributed by atoms with Crippen molar-refractivity contribution in [3.63, 3.8) is 0 Å². The number of ether oxygens (including phenoxy) is 1. The molecule has 0 saturated heterocycles. The van der Waals surface area contributed by atoms with Gasteiger partial charge in [-0.05, 0) is 54.7 Å². The minimum Gasteiger partial charge on any atom is -0.497 e. The highest BCUT2D eigenvalue weighted by Crippen LogP contribution is 2.31. The topological polar surface area (TPSA) is 47.4 Å². The lowest BCUT2D eigenvalue weighted by Gasteiger charge is -2.23. The molecule has 1 amide bonds. The van der Waals surface area contributed by atoms with Crippen molar-refractivity contribution >= 4 is 5.91 Å². The lowest BCUT2D eigenvalue weighted by Crippen LogP contribution is -2.33. The molecule has 0 aliphatic heterocycles. The van der Waals surface area contributed by atoms with Crippen LogP contribution in [0.4, 0.5) is 13.2 Å². The number of methoxy groups -OCH3 is 1. The fourth-order valence-electron chi connectivity index (χ4n) is 3.62. The Balaban J connectivity index is 1.54. The van der Waals surface area contributed by atoms with Gasteiger partial charge in [0.05, 0.1) is 19.2 Å². The van der Waals surface area contributed by atoms with Crippen molar-refractivity contribution in [1.29, 1.82) is 0 Å². The van der Waals surface area contributed by atoms with E-state index < -0.39 is 11.7 Å². The monoisotopic (exact) mass is 443 g/mol. The number of carbonyl (C=O) groups is 1. The molecule has 1 heterocycles. The van der Waals surface area contributed by atoms with Crippen molar-refractivity contribution in [3.05, 3.63) is 83.4 Å². The van der Waals surface area contributed by atoms with Crippen LogP contribution >= 0.6 is 0 Å². The fourth-order valence-corrected chi connectivity index (χ4v) is 3.62. The minimum absolute atomic E-state index is 0.121. The van der Waals surface area contributed by atoms with Crippen LogP contribution in [0.1, 0.15) is 40.2 Å². The molecule has 3 aromatic rings. The molecule has 0 spiro atoms. The Labute approximate surface area is 184 Å². The molecule has 0 atom stereocenters. The van der Waals surface area contributed by atoms with E-state index in [0.29, 0.717) is 35.2 Å². The number of amides is 1. The molecular formula is C24H24F3N3O2. The van der Waals surface area contributed by atoms with Crippen molar-refractivity contribution < 1.29 is 22.7 Å². The predicted octanol–water partition coefficient (Wildman–Crippen LogP) is 5.01. The van der Waals surface area contributed by atoms with Crippen LogP contribution in [-0.4, -0.2) is 34.0 Å². The van der Waals surface area contributed by atoms with Crippen molar-refractivity contribution in [2.75, 3.05) is 13.7 Å². The van der Waals surface area contributed by atoms with Crippen LogP contribution in [0.25, 0.3) is 0 Å². The van der Waals surface area contributed by atoms with Crippen molar-refractivity contribution in [2.24, 2.45) is 5.92 Å². The maximum Gasteiger partial charge on any atom is 0.416 e. The summed E-state index contributed by atoms with van der Waals surface area (Å²) in [5.41, 5.74) is 0.369. The number of hydrogen-bond acceptors (Lipinski definition) is 3. The molecule has 0 unspecified atom stereocenters. The summed E-state index contributed by atoms with van der Waals surface area (Å²) in [6.07, 6.45) is 1.11. The Morgan fingerprint density at radius 2 is 1.97 bits per heavy atom. The fraction of sp³-hybridized carbons (Fsp3) is 0.333. The van der Waals surface area contributed by atoms with Crippen molar-refractivity contribution in [2.45, 2.75) is 32.1 Å². The van der Waals surface area contributed by atoms with Gasteiger partial charge in [0.2, 0.25) is 0 Å². The molecular weight excluding hydrogens is 419 g/mol. The largest absolute Gasteiger partial charge is 0.497 e. The first-order chi connectivity index (χ1) is 15.3. The maximum absolute atomic E-state index is 13.2. The molecule has 1 aliphatic rings. The summed E-state index contributed by atoms with van der Waals surface area (Å²) in [6.45, 7) is 1.13. The summed E-state index contributed by atoms with van der Waals surface area (Å²) in [4.78, 5) is 19.4. The molecule has 0 radical (unpaired) electrons. The second-order valence-corrected chi connectivity index (χ2v) is 8.03. The Kier molecular flexibility index (Phi) is 6.21. The summed E-state index contributed by atoms with van der Waals surface area (Å²) < 4.78 is 46.2. The smallest absolute Gasteiger partial charge is 0.416 e. The number of hydrogen-bond donors (Lipinski definition) is 0. The summed E-state index contributed by atoms with van der Waals surface area (Å²) in [5.74, 6) is 1.58. The molecule has 1 fully saturated rings. The minimum atomic E-state index is -4.39. The highest BCUT2D eigenvalue weighted by atomic mass is 19.4. The molecule has 168 valence electrons. The van der Waals surface area contributed by atoms with Gasteiger partial charge >= 0.3 is 6.18 Å². The van der Waals surface area contributed by atoms with Crippen LogP contribution in [0, 0.1) is 5.92 Å². The van der Waals surface area contributed by atoms with Crippen LogP contribution < -0.4 is 4.74 Å². The second kappa shape index (κ2) is 9.06. The predicted molar refractivity (Wildman–Crippen MR) is 113 cm³/mol. The molecule has 1 aliphatic carbocycles. The van der Waals surface area contributed by atoms with Crippen LogP contribution in [0.15, 0.2) is 60.9 Å². The Bertz CT molecular complexity index is 1090. The average Bonchev–Trinajstić information content (AvgIpc) is 3.50. The van der Waals surface area contributed by atoms with Crippen LogP contribution in [-0.2, 0) is 19.3 Å². The third kappa shape index (κ3) is 5.30. The first-order valence-corrected chi connectivity index (χ1v) is 10.4. The molecule has 0 bridgehead atoms. The molecule has 5 nitrogen and oxygen atoms in total.